The molecule has 1 aliphatic rings. The Labute approximate surface area is 204 Å². The summed E-state index contributed by atoms with van der Waals surface area (Å²) < 4.78 is 27.5. The van der Waals surface area contributed by atoms with Gasteiger partial charge in [-0.15, -0.1) is 0 Å². The largest absolute Gasteiger partial charge is 3.00 e. The Balaban J connectivity index is 0.00000240. The molecule has 172 valence electrons. The van der Waals surface area contributed by atoms with Gasteiger partial charge >= 0.3 is 8.41 Å². The fourth-order valence-corrected chi connectivity index (χ4v) is 3.48. The second-order valence-corrected chi connectivity index (χ2v) is 7.28. The van der Waals surface area contributed by atoms with Crippen molar-refractivity contribution in [2.75, 3.05) is 19.0 Å². The molecule has 32 heavy (non-hydrogen) atoms. The molecule has 1 saturated carbocycles. The Kier molecular flexibility index (Phi) is 11.1. The molecule has 0 spiro atoms. The molecule has 0 unspecified atom stereocenters. The molecule has 4 rings (SSSR count). The van der Waals surface area contributed by atoms with Crippen LogP contribution in [-0.2, 0) is 6.61 Å². The van der Waals surface area contributed by atoms with Gasteiger partial charge in [0, 0.05) is 19.7 Å². The third-order valence-corrected chi connectivity index (χ3v) is 5.06. The van der Waals surface area contributed by atoms with Crippen molar-refractivity contribution in [2.24, 2.45) is 5.92 Å². The van der Waals surface area contributed by atoms with Crippen molar-refractivity contribution in [1.29, 1.82) is 0 Å². The zero-order chi connectivity index (χ0) is 20.0. The predicted octanol–water partition coefficient (Wildman–Crippen LogP) is -6.75. The van der Waals surface area contributed by atoms with Gasteiger partial charge in [-0.1, -0.05) is 24.3 Å². The quantitative estimate of drug-likeness (QED) is 0.325. The molecule has 2 aromatic heterocycles. The SMILES string of the molecule is CN(C)c1nc2c(c(CO)nn2[C@H](c2ccc(C(F)F)cc2)C2CC2)c(=O)[nH]1.[B+3].[Cl-].[Cl-].[Cl-]. The standard InChI is InChI=1S/C19H21F2N5O2.B.3ClH/c1-25(2)19-22-17-14(18(28)23-19)13(9-27)24-26(17)15(10-3-4-10)11-5-7-12(8-6-11)16(20)21;;;;/h5-8,10,15-16,27H,3-4,9H2,1-2H3,(H,22,23,28);;3*1H/q;+3;;;/p-3/t15-;;;;/m0..../s1. The fraction of sp³-hybridized carbons (Fsp3) is 0.421. The van der Waals surface area contributed by atoms with E-state index in [-0.39, 0.29) is 79.8 Å². The van der Waals surface area contributed by atoms with Crippen LogP contribution < -0.4 is 47.7 Å². The van der Waals surface area contributed by atoms with Crippen molar-refractivity contribution in [3.63, 3.8) is 0 Å². The zero-order valence-corrected chi connectivity index (χ0v) is 19.5. The topological polar surface area (TPSA) is 87.0 Å². The summed E-state index contributed by atoms with van der Waals surface area (Å²) in [4.78, 5) is 21.5. The van der Waals surface area contributed by atoms with Crippen molar-refractivity contribution in [3.05, 3.63) is 51.4 Å². The van der Waals surface area contributed by atoms with Crippen LogP contribution in [0.25, 0.3) is 11.0 Å². The number of fused-ring (bicyclic) bond motifs is 1. The minimum atomic E-state index is -2.53. The molecule has 1 atom stereocenters. The molecule has 0 amide bonds. The van der Waals surface area contributed by atoms with Crippen molar-refractivity contribution < 1.29 is 51.1 Å². The number of rotatable bonds is 6. The molecular weight excluding hydrogens is 485 g/mol. The van der Waals surface area contributed by atoms with Gasteiger partial charge in [-0.3, -0.25) is 9.78 Å². The molecule has 0 aliphatic heterocycles. The van der Waals surface area contributed by atoms with Gasteiger partial charge in [-0.2, -0.15) is 10.1 Å². The summed E-state index contributed by atoms with van der Waals surface area (Å²) in [7, 11) is 3.53. The van der Waals surface area contributed by atoms with Crippen molar-refractivity contribution in [2.45, 2.75) is 31.9 Å². The van der Waals surface area contributed by atoms with Gasteiger partial charge in [0.05, 0.1) is 12.6 Å². The Morgan fingerprint density at radius 1 is 1.16 bits per heavy atom. The van der Waals surface area contributed by atoms with E-state index in [4.69, 9.17) is 0 Å². The van der Waals surface area contributed by atoms with Crippen LogP contribution >= 0.6 is 0 Å². The second kappa shape index (κ2) is 11.8. The van der Waals surface area contributed by atoms with E-state index in [1.54, 1.807) is 35.8 Å². The third-order valence-electron chi connectivity index (χ3n) is 5.06. The molecule has 0 radical (unpaired) electrons. The molecule has 1 fully saturated rings. The van der Waals surface area contributed by atoms with Crippen LogP contribution in [0.4, 0.5) is 14.7 Å². The number of aromatic nitrogens is 4. The van der Waals surface area contributed by atoms with E-state index in [1.165, 1.54) is 12.1 Å². The van der Waals surface area contributed by atoms with Crippen LogP contribution in [0.3, 0.4) is 0 Å². The molecular formula is C19H21BCl3F2N5O2. The maximum Gasteiger partial charge on any atom is 3.00 e. The maximum atomic E-state index is 12.9. The fourth-order valence-electron chi connectivity index (χ4n) is 3.48. The van der Waals surface area contributed by atoms with E-state index in [2.05, 4.69) is 15.1 Å². The maximum absolute atomic E-state index is 12.9. The van der Waals surface area contributed by atoms with Gasteiger partial charge < -0.3 is 47.2 Å². The number of alkyl halides is 2. The van der Waals surface area contributed by atoms with Crippen molar-refractivity contribution in [3.8, 4) is 0 Å². The van der Waals surface area contributed by atoms with Gasteiger partial charge in [0.25, 0.3) is 12.0 Å². The van der Waals surface area contributed by atoms with Crippen LogP contribution in [0.1, 0.15) is 42.1 Å². The average molecular weight is 507 g/mol. The molecule has 1 aromatic carbocycles. The first-order valence-electron chi connectivity index (χ1n) is 9.08. The predicted molar refractivity (Wildman–Crippen MR) is 106 cm³/mol. The van der Waals surface area contributed by atoms with Crippen LogP contribution in [0, 0.1) is 5.92 Å². The summed E-state index contributed by atoms with van der Waals surface area (Å²) in [6, 6.07) is 5.95. The molecule has 3 aromatic rings. The number of hydrogen-bond acceptors (Lipinski definition) is 5. The molecule has 7 nitrogen and oxygen atoms in total. The molecule has 2 heterocycles. The number of H-pyrrole nitrogens is 1. The summed E-state index contributed by atoms with van der Waals surface area (Å²) in [5.74, 6) is 0.654. The number of benzene rings is 1. The summed E-state index contributed by atoms with van der Waals surface area (Å²) in [5.41, 5.74) is 1.06. The van der Waals surface area contributed by atoms with E-state index in [9.17, 15) is 18.7 Å². The Morgan fingerprint density at radius 2 is 1.72 bits per heavy atom. The van der Waals surface area contributed by atoms with Gasteiger partial charge in [-0.05, 0) is 24.3 Å². The van der Waals surface area contributed by atoms with Gasteiger partial charge in [0.1, 0.15) is 11.1 Å². The molecule has 2 N–H and O–H groups in total. The number of aliphatic hydroxyl groups is 1. The Morgan fingerprint density at radius 3 is 2.19 bits per heavy atom. The number of aromatic amines is 1. The zero-order valence-electron chi connectivity index (χ0n) is 17.3. The van der Waals surface area contributed by atoms with Gasteiger partial charge in [0.15, 0.2) is 5.65 Å². The summed E-state index contributed by atoms with van der Waals surface area (Å²) in [6.45, 7) is -0.392. The normalized spacial score (nSPS) is 13.4. The molecule has 0 bridgehead atoms. The minimum absolute atomic E-state index is 0. The number of halogens is 5. The van der Waals surface area contributed by atoms with Crippen LogP contribution in [0.15, 0.2) is 29.1 Å². The summed E-state index contributed by atoms with van der Waals surface area (Å²) >= 11 is 0. The number of nitrogens with zero attached hydrogens (tertiary/aromatic N) is 4. The second-order valence-electron chi connectivity index (χ2n) is 7.28. The molecule has 13 heteroatoms. The van der Waals surface area contributed by atoms with E-state index in [1.807, 2.05) is 0 Å². The van der Waals surface area contributed by atoms with Gasteiger partial charge in [0.2, 0.25) is 5.95 Å². The van der Waals surface area contributed by atoms with E-state index in [0.717, 1.165) is 18.4 Å². The van der Waals surface area contributed by atoms with Crippen molar-refractivity contribution in [1.82, 2.24) is 19.7 Å². The van der Waals surface area contributed by atoms with E-state index in [0.29, 0.717) is 11.6 Å². The first-order valence-corrected chi connectivity index (χ1v) is 9.08. The molecule has 1 aliphatic carbocycles. The third kappa shape index (κ3) is 5.54. The van der Waals surface area contributed by atoms with E-state index >= 15 is 0 Å². The number of anilines is 1. The number of hydrogen-bond donors (Lipinski definition) is 2. The summed E-state index contributed by atoms with van der Waals surface area (Å²) in [5, 5.41) is 14.4. The van der Waals surface area contributed by atoms with Crippen LogP contribution in [-0.4, -0.2) is 47.4 Å². The van der Waals surface area contributed by atoms with Crippen molar-refractivity contribution >= 4 is 25.4 Å². The van der Waals surface area contributed by atoms with Crippen LogP contribution in [0.2, 0.25) is 0 Å². The Hall–Kier alpha value is -1.88. The number of nitrogens with one attached hydrogen (secondary N) is 1. The van der Waals surface area contributed by atoms with Gasteiger partial charge in [-0.25, -0.2) is 13.5 Å². The first-order chi connectivity index (χ1) is 13.4. The summed E-state index contributed by atoms with van der Waals surface area (Å²) in [6.07, 6.45) is -0.579. The minimum Gasteiger partial charge on any atom is -1.00 e. The van der Waals surface area contributed by atoms with E-state index < -0.39 is 13.0 Å². The molecule has 0 saturated heterocycles. The number of aliphatic hydroxyl groups excluding tert-OH is 1. The van der Waals surface area contributed by atoms with Crippen LogP contribution in [0.5, 0.6) is 0 Å². The first kappa shape index (κ1) is 30.1. The Bertz CT molecular complexity index is 1080. The smallest absolute Gasteiger partial charge is 1.00 e. The average Bonchev–Trinajstić information content (AvgIpc) is 3.43. The monoisotopic (exact) mass is 505 g/mol.